The van der Waals surface area contributed by atoms with Crippen LogP contribution in [0.2, 0.25) is 0 Å². The molecule has 19 heavy (non-hydrogen) atoms. The summed E-state index contributed by atoms with van der Waals surface area (Å²) >= 11 is 0. The molecule has 1 heterocycles. The van der Waals surface area contributed by atoms with Crippen molar-refractivity contribution in [1.29, 1.82) is 0 Å². The first-order valence-electron chi connectivity index (χ1n) is 6.59. The monoisotopic (exact) mass is 260 g/mol. The molecule has 0 spiro atoms. The molecule has 1 unspecified atom stereocenters. The molecule has 0 aliphatic carbocycles. The SMILES string of the molecule is Cc1ccc(C)c(CN2C(=O)CNC(=O)CC2C)c1. The molecule has 1 aliphatic heterocycles. The van der Waals surface area contributed by atoms with Gasteiger partial charge in [0.15, 0.2) is 0 Å². The first kappa shape index (κ1) is 13.6. The van der Waals surface area contributed by atoms with Gasteiger partial charge in [0.05, 0.1) is 6.54 Å². The molecule has 102 valence electrons. The highest BCUT2D eigenvalue weighted by molar-refractivity contribution is 5.87. The van der Waals surface area contributed by atoms with Crippen LogP contribution in [0.4, 0.5) is 0 Å². The summed E-state index contributed by atoms with van der Waals surface area (Å²) in [6.07, 6.45) is 0.372. The van der Waals surface area contributed by atoms with Gasteiger partial charge in [-0.05, 0) is 31.9 Å². The lowest BCUT2D eigenvalue weighted by molar-refractivity contribution is -0.132. The number of rotatable bonds is 2. The van der Waals surface area contributed by atoms with Gasteiger partial charge in [0, 0.05) is 19.0 Å². The van der Waals surface area contributed by atoms with Crippen molar-refractivity contribution in [3.8, 4) is 0 Å². The van der Waals surface area contributed by atoms with Gasteiger partial charge in [-0.3, -0.25) is 9.59 Å². The fourth-order valence-corrected chi connectivity index (χ4v) is 2.37. The van der Waals surface area contributed by atoms with E-state index < -0.39 is 0 Å². The highest BCUT2D eigenvalue weighted by atomic mass is 16.2. The minimum absolute atomic E-state index is 0.0146. The highest BCUT2D eigenvalue weighted by Gasteiger charge is 2.26. The average Bonchev–Trinajstić information content (AvgIpc) is 2.47. The van der Waals surface area contributed by atoms with Crippen LogP contribution < -0.4 is 5.32 Å². The first-order valence-corrected chi connectivity index (χ1v) is 6.59. The van der Waals surface area contributed by atoms with Crippen molar-refractivity contribution < 1.29 is 9.59 Å². The maximum Gasteiger partial charge on any atom is 0.242 e. The van der Waals surface area contributed by atoms with E-state index in [0.717, 1.165) is 5.56 Å². The average molecular weight is 260 g/mol. The third-order valence-electron chi connectivity index (χ3n) is 3.62. The van der Waals surface area contributed by atoms with E-state index >= 15 is 0 Å². The molecule has 1 fully saturated rings. The van der Waals surface area contributed by atoms with Crippen molar-refractivity contribution in [2.24, 2.45) is 0 Å². The Balaban J connectivity index is 2.22. The summed E-state index contributed by atoms with van der Waals surface area (Å²) in [4.78, 5) is 25.3. The van der Waals surface area contributed by atoms with Gasteiger partial charge < -0.3 is 10.2 Å². The Labute approximate surface area is 113 Å². The lowest BCUT2D eigenvalue weighted by Gasteiger charge is -2.27. The molecule has 0 saturated carbocycles. The van der Waals surface area contributed by atoms with Gasteiger partial charge in [-0.25, -0.2) is 0 Å². The minimum atomic E-state index is -0.0603. The summed E-state index contributed by atoms with van der Waals surface area (Å²) in [7, 11) is 0. The second-order valence-electron chi connectivity index (χ2n) is 5.28. The van der Waals surface area contributed by atoms with Crippen LogP contribution in [0.25, 0.3) is 0 Å². The van der Waals surface area contributed by atoms with E-state index in [2.05, 4.69) is 23.5 Å². The van der Waals surface area contributed by atoms with Crippen molar-refractivity contribution in [3.63, 3.8) is 0 Å². The third-order valence-corrected chi connectivity index (χ3v) is 3.62. The Kier molecular flexibility index (Phi) is 3.88. The van der Waals surface area contributed by atoms with Crippen molar-refractivity contribution >= 4 is 11.8 Å². The number of amides is 2. The van der Waals surface area contributed by atoms with Gasteiger partial charge >= 0.3 is 0 Å². The number of carbonyl (C=O) groups excluding carboxylic acids is 2. The molecular weight excluding hydrogens is 240 g/mol. The summed E-state index contributed by atoms with van der Waals surface area (Å²) in [5, 5.41) is 2.64. The zero-order chi connectivity index (χ0) is 14.0. The van der Waals surface area contributed by atoms with E-state index in [1.165, 1.54) is 11.1 Å². The van der Waals surface area contributed by atoms with Crippen LogP contribution in [0.3, 0.4) is 0 Å². The lowest BCUT2D eigenvalue weighted by atomic mass is 10.0. The molecule has 0 aromatic heterocycles. The van der Waals surface area contributed by atoms with E-state index in [1.807, 2.05) is 20.8 Å². The van der Waals surface area contributed by atoms with E-state index in [0.29, 0.717) is 13.0 Å². The molecule has 1 aromatic carbocycles. The summed E-state index contributed by atoms with van der Waals surface area (Å²) in [5.74, 6) is -0.0661. The molecule has 0 radical (unpaired) electrons. The maximum atomic E-state index is 12.1. The third kappa shape index (κ3) is 3.13. The fourth-order valence-electron chi connectivity index (χ4n) is 2.37. The van der Waals surface area contributed by atoms with E-state index in [-0.39, 0.29) is 24.4 Å². The Morgan fingerprint density at radius 3 is 2.79 bits per heavy atom. The smallest absolute Gasteiger partial charge is 0.242 e. The molecule has 4 heteroatoms. The molecule has 1 N–H and O–H groups in total. The molecule has 2 rings (SSSR count). The molecular formula is C15H20N2O2. The normalized spacial score (nSPS) is 20.2. The number of benzene rings is 1. The van der Waals surface area contributed by atoms with E-state index in [1.54, 1.807) is 4.90 Å². The van der Waals surface area contributed by atoms with Gasteiger partial charge in [-0.2, -0.15) is 0 Å². The molecule has 4 nitrogen and oxygen atoms in total. The number of carbonyl (C=O) groups is 2. The van der Waals surface area contributed by atoms with Crippen LogP contribution in [0.5, 0.6) is 0 Å². The summed E-state index contributed by atoms with van der Waals surface area (Å²) in [6, 6.07) is 6.18. The van der Waals surface area contributed by atoms with Crippen LogP contribution in [0.1, 0.15) is 30.0 Å². The topological polar surface area (TPSA) is 49.4 Å². The highest BCUT2D eigenvalue weighted by Crippen LogP contribution is 2.17. The summed E-state index contributed by atoms with van der Waals surface area (Å²) in [5.41, 5.74) is 3.51. The number of nitrogens with zero attached hydrogens (tertiary/aromatic N) is 1. The predicted molar refractivity (Wildman–Crippen MR) is 73.6 cm³/mol. The Bertz CT molecular complexity index is 511. The zero-order valence-corrected chi connectivity index (χ0v) is 11.7. The van der Waals surface area contributed by atoms with Gasteiger partial charge in [0.1, 0.15) is 0 Å². The van der Waals surface area contributed by atoms with Gasteiger partial charge in [0.2, 0.25) is 11.8 Å². The van der Waals surface area contributed by atoms with Crippen LogP contribution in [-0.4, -0.2) is 29.3 Å². The number of hydrogen-bond donors (Lipinski definition) is 1. The quantitative estimate of drug-likeness (QED) is 0.877. The zero-order valence-electron chi connectivity index (χ0n) is 11.7. The molecule has 1 aromatic rings. The van der Waals surface area contributed by atoms with Crippen LogP contribution in [-0.2, 0) is 16.1 Å². The lowest BCUT2D eigenvalue weighted by Crippen LogP contribution is -2.39. The molecule has 1 atom stereocenters. The van der Waals surface area contributed by atoms with Crippen LogP contribution >= 0.6 is 0 Å². The minimum Gasteiger partial charge on any atom is -0.347 e. The Morgan fingerprint density at radius 1 is 1.32 bits per heavy atom. The number of aryl methyl sites for hydroxylation is 2. The standard InChI is InChI=1S/C15H20N2O2/c1-10-4-5-11(2)13(6-10)9-17-12(3)7-14(18)16-8-15(17)19/h4-6,12H,7-9H2,1-3H3,(H,16,18). The molecule has 1 saturated heterocycles. The van der Waals surface area contributed by atoms with Crippen molar-refractivity contribution in [2.75, 3.05) is 6.54 Å². The number of hydrogen-bond acceptors (Lipinski definition) is 2. The second-order valence-corrected chi connectivity index (χ2v) is 5.28. The number of nitrogens with one attached hydrogen (secondary N) is 1. The molecule has 0 bridgehead atoms. The van der Waals surface area contributed by atoms with Crippen molar-refractivity contribution in [2.45, 2.75) is 39.8 Å². The maximum absolute atomic E-state index is 12.1. The molecule has 2 amide bonds. The van der Waals surface area contributed by atoms with E-state index in [4.69, 9.17) is 0 Å². The largest absolute Gasteiger partial charge is 0.347 e. The van der Waals surface area contributed by atoms with Gasteiger partial charge in [0.25, 0.3) is 0 Å². The second kappa shape index (κ2) is 5.43. The fraction of sp³-hybridized carbons (Fsp3) is 0.467. The Morgan fingerprint density at radius 2 is 2.05 bits per heavy atom. The summed E-state index contributed by atoms with van der Waals surface area (Å²) in [6.45, 7) is 6.69. The van der Waals surface area contributed by atoms with E-state index in [9.17, 15) is 9.59 Å². The van der Waals surface area contributed by atoms with Gasteiger partial charge in [-0.1, -0.05) is 23.8 Å². The van der Waals surface area contributed by atoms with Gasteiger partial charge in [-0.15, -0.1) is 0 Å². The predicted octanol–water partition coefficient (Wildman–Crippen LogP) is 1.54. The Hall–Kier alpha value is -1.84. The first-order chi connectivity index (χ1) is 8.97. The van der Waals surface area contributed by atoms with Crippen LogP contribution in [0, 0.1) is 13.8 Å². The summed E-state index contributed by atoms with van der Waals surface area (Å²) < 4.78 is 0. The van der Waals surface area contributed by atoms with Crippen molar-refractivity contribution in [3.05, 3.63) is 34.9 Å². The van der Waals surface area contributed by atoms with Crippen molar-refractivity contribution in [1.82, 2.24) is 10.2 Å². The van der Waals surface area contributed by atoms with Crippen LogP contribution in [0.15, 0.2) is 18.2 Å². The molecule has 1 aliphatic rings.